The Hall–Kier alpha value is -4.58. The Morgan fingerprint density at radius 1 is 0.471 bits per heavy atom. The fourth-order valence-corrected chi connectivity index (χ4v) is 2.71. The Morgan fingerprint density at radius 3 is 1.15 bits per heavy atom. The van der Waals surface area contributed by atoms with Crippen LogP contribution in [-0.2, 0) is 9.78 Å². The van der Waals surface area contributed by atoms with E-state index >= 15 is 0 Å². The normalized spacial score (nSPS) is 9.71. The minimum Gasteiger partial charge on any atom is -0.290 e. The molecule has 0 aromatic heterocycles. The van der Waals surface area contributed by atoms with Crippen molar-refractivity contribution in [1.82, 2.24) is 0 Å². The molecule has 0 aliphatic carbocycles. The summed E-state index contributed by atoms with van der Waals surface area (Å²) < 4.78 is 0. The first-order valence-corrected chi connectivity index (χ1v) is 10.5. The monoisotopic (exact) mass is 456 g/mol. The van der Waals surface area contributed by atoms with Gasteiger partial charge in [-0.1, -0.05) is 72.8 Å². The summed E-state index contributed by atoms with van der Waals surface area (Å²) in [5.41, 5.74) is 2.74. The van der Waals surface area contributed by atoms with Crippen LogP contribution in [0.15, 0.2) is 109 Å². The molecule has 6 heteroatoms. The lowest BCUT2D eigenvalue weighted by Crippen LogP contribution is -2.11. The van der Waals surface area contributed by atoms with Gasteiger partial charge in [-0.3, -0.25) is 9.78 Å². The van der Waals surface area contributed by atoms with Gasteiger partial charge in [0.15, 0.2) is 11.5 Å². The van der Waals surface area contributed by atoms with E-state index in [1.807, 2.05) is 62.4 Å². The van der Waals surface area contributed by atoms with Gasteiger partial charge in [-0.15, -0.1) is 0 Å². The Balaban J connectivity index is 0.000000192. The van der Waals surface area contributed by atoms with Gasteiger partial charge in [0, 0.05) is 0 Å². The van der Waals surface area contributed by atoms with Crippen molar-refractivity contribution in [2.45, 2.75) is 13.8 Å². The third-order valence-corrected chi connectivity index (χ3v) is 4.62. The van der Waals surface area contributed by atoms with Gasteiger partial charge in [-0.05, 0) is 61.4 Å². The molecule has 34 heavy (non-hydrogen) atoms. The molecule has 0 radical (unpaired) electrons. The Kier molecular flexibility index (Phi) is 8.82. The van der Waals surface area contributed by atoms with E-state index in [0.29, 0.717) is 11.1 Å². The van der Waals surface area contributed by atoms with Crippen LogP contribution in [0.4, 0.5) is 0 Å². The van der Waals surface area contributed by atoms with Crippen LogP contribution in [0.5, 0.6) is 11.5 Å². The lowest BCUT2D eigenvalue weighted by Gasteiger charge is -2.09. The highest BCUT2D eigenvalue weighted by atomic mass is 17.2. The van der Waals surface area contributed by atoms with Crippen LogP contribution in [0.25, 0.3) is 0 Å². The van der Waals surface area contributed by atoms with Crippen molar-refractivity contribution in [3.63, 3.8) is 0 Å². The standard InChI is InChI=1S/C14H10O4.C14H14O2/c15-13(11-7-3-1-4-8-11)17-18-14(16)12-9-5-2-6-10-12;1-11-7-3-5-9-13(11)15-16-14-10-6-4-8-12(14)2/h1-10H;3-10H,1-2H3. The van der Waals surface area contributed by atoms with Gasteiger partial charge in [0.05, 0.1) is 11.1 Å². The molecule has 4 aromatic rings. The molecular formula is C28H24O6. The largest absolute Gasteiger partial charge is 0.386 e. The van der Waals surface area contributed by atoms with E-state index in [1.54, 1.807) is 60.7 Å². The van der Waals surface area contributed by atoms with Crippen LogP contribution in [0.2, 0.25) is 0 Å². The van der Waals surface area contributed by atoms with Crippen molar-refractivity contribution >= 4 is 11.9 Å². The van der Waals surface area contributed by atoms with Crippen LogP contribution in [0.1, 0.15) is 31.8 Å². The molecule has 0 aliphatic heterocycles. The molecule has 0 unspecified atom stereocenters. The molecule has 0 spiro atoms. The number of carbonyl (C=O) groups is 2. The summed E-state index contributed by atoms with van der Waals surface area (Å²) in [4.78, 5) is 42.5. The van der Waals surface area contributed by atoms with Crippen molar-refractivity contribution in [3.05, 3.63) is 131 Å². The molecular weight excluding hydrogens is 432 g/mol. The average Bonchev–Trinajstić information content (AvgIpc) is 2.89. The molecule has 0 saturated carbocycles. The first kappa shape index (κ1) is 24.1. The minimum absolute atomic E-state index is 0.318. The van der Waals surface area contributed by atoms with Crippen LogP contribution in [0.3, 0.4) is 0 Å². The zero-order valence-electron chi connectivity index (χ0n) is 18.8. The second kappa shape index (κ2) is 12.5. The summed E-state index contributed by atoms with van der Waals surface area (Å²) in [6, 6.07) is 32.1. The SMILES string of the molecule is Cc1ccccc1OOc1ccccc1C.O=C(OOC(=O)c1ccccc1)c1ccccc1. The van der Waals surface area contributed by atoms with Gasteiger partial charge in [0.1, 0.15) is 0 Å². The summed E-state index contributed by atoms with van der Waals surface area (Å²) >= 11 is 0. The summed E-state index contributed by atoms with van der Waals surface area (Å²) in [5, 5.41) is 0. The number of aryl methyl sites for hydroxylation is 2. The number of benzene rings is 4. The summed E-state index contributed by atoms with van der Waals surface area (Å²) in [6.45, 7) is 3.97. The average molecular weight is 456 g/mol. The van der Waals surface area contributed by atoms with Gasteiger partial charge in [-0.2, -0.15) is 0 Å². The molecule has 0 bridgehead atoms. The molecule has 0 amide bonds. The highest BCUT2D eigenvalue weighted by Gasteiger charge is 2.13. The van der Waals surface area contributed by atoms with E-state index in [4.69, 9.17) is 9.78 Å². The maximum Gasteiger partial charge on any atom is 0.386 e. The van der Waals surface area contributed by atoms with Crippen molar-refractivity contribution < 1.29 is 29.1 Å². The number of hydrogen-bond donors (Lipinski definition) is 0. The van der Waals surface area contributed by atoms with Gasteiger partial charge in [0.2, 0.25) is 0 Å². The molecule has 4 aromatic carbocycles. The number of rotatable bonds is 5. The van der Waals surface area contributed by atoms with E-state index < -0.39 is 11.9 Å². The Morgan fingerprint density at radius 2 is 0.794 bits per heavy atom. The first-order chi connectivity index (χ1) is 16.5. The minimum atomic E-state index is -0.708. The van der Waals surface area contributed by atoms with Gasteiger partial charge >= 0.3 is 11.9 Å². The molecule has 0 heterocycles. The van der Waals surface area contributed by atoms with E-state index in [-0.39, 0.29) is 0 Å². The molecule has 0 N–H and O–H groups in total. The smallest absolute Gasteiger partial charge is 0.290 e. The third-order valence-electron chi connectivity index (χ3n) is 4.62. The van der Waals surface area contributed by atoms with E-state index in [9.17, 15) is 9.59 Å². The summed E-state index contributed by atoms with van der Waals surface area (Å²) in [7, 11) is 0. The lowest BCUT2D eigenvalue weighted by molar-refractivity contribution is -0.187. The van der Waals surface area contributed by atoms with Crippen molar-refractivity contribution in [1.29, 1.82) is 0 Å². The number of carbonyl (C=O) groups excluding carboxylic acids is 2. The van der Waals surface area contributed by atoms with Crippen LogP contribution in [0, 0.1) is 13.8 Å². The molecule has 4 rings (SSSR count). The predicted molar refractivity (Wildman–Crippen MR) is 127 cm³/mol. The van der Waals surface area contributed by atoms with Crippen molar-refractivity contribution in [2.75, 3.05) is 0 Å². The predicted octanol–water partition coefficient (Wildman–Crippen LogP) is 6.29. The quantitative estimate of drug-likeness (QED) is 0.260. The maximum absolute atomic E-state index is 11.5. The van der Waals surface area contributed by atoms with Crippen LogP contribution in [-0.4, -0.2) is 11.9 Å². The zero-order chi connectivity index (χ0) is 24.2. The number of para-hydroxylation sites is 2. The second-order valence-electron chi connectivity index (χ2n) is 7.17. The zero-order valence-corrected chi connectivity index (χ0v) is 18.8. The molecule has 0 atom stereocenters. The van der Waals surface area contributed by atoms with Crippen molar-refractivity contribution in [2.24, 2.45) is 0 Å². The van der Waals surface area contributed by atoms with Gasteiger partial charge in [0.25, 0.3) is 0 Å². The van der Waals surface area contributed by atoms with Gasteiger partial charge < -0.3 is 0 Å². The number of hydrogen-bond acceptors (Lipinski definition) is 6. The fourth-order valence-electron chi connectivity index (χ4n) is 2.71. The molecule has 172 valence electrons. The second-order valence-corrected chi connectivity index (χ2v) is 7.17. The van der Waals surface area contributed by atoms with Gasteiger partial charge in [-0.25, -0.2) is 19.4 Å². The maximum atomic E-state index is 11.5. The van der Waals surface area contributed by atoms with E-state index in [0.717, 1.165) is 22.6 Å². The highest BCUT2D eigenvalue weighted by Crippen LogP contribution is 2.21. The highest BCUT2D eigenvalue weighted by molar-refractivity contribution is 5.92. The molecule has 0 aliphatic rings. The molecule has 6 nitrogen and oxygen atoms in total. The Bertz CT molecular complexity index is 1110. The third kappa shape index (κ3) is 7.24. The van der Waals surface area contributed by atoms with Crippen LogP contribution >= 0.6 is 0 Å². The lowest BCUT2D eigenvalue weighted by atomic mass is 10.2. The topological polar surface area (TPSA) is 71.1 Å². The summed E-state index contributed by atoms with van der Waals surface area (Å²) in [5.74, 6) is 0.0660. The fraction of sp³-hybridized carbons (Fsp3) is 0.0714. The van der Waals surface area contributed by atoms with E-state index in [2.05, 4.69) is 9.78 Å². The molecule has 0 saturated heterocycles. The van der Waals surface area contributed by atoms with Crippen molar-refractivity contribution in [3.8, 4) is 11.5 Å². The van der Waals surface area contributed by atoms with E-state index in [1.165, 1.54) is 0 Å². The Labute approximate surface area is 198 Å². The first-order valence-electron chi connectivity index (χ1n) is 10.5. The van der Waals surface area contributed by atoms with Crippen LogP contribution < -0.4 is 9.78 Å². The molecule has 0 fully saturated rings. The summed E-state index contributed by atoms with van der Waals surface area (Å²) in [6.07, 6.45) is 0.